The molecule has 0 saturated heterocycles. The molecule has 2 rings (SSSR count). The van der Waals surface area contributed by atoms with Crippen molar-refractivity contribution >= 4 is 11.9 Å². The second-order valence-corrected chi connectivity index (χ2v) is 5.48. The van der Waals surface area contributed by atoms with Gasteiger partial charge in [0.2, 0.25) is 0 Å². The van der Waals surface area contributed by atoms with Gasteiger partial charge in [-0.25, -0.2) is 4.79 Å². The molecular weight excluding hydrogens is 258 g/mol. The number of amides is 1. The number of hydrogen-bond donors (Lipinski definition) is 2. The van der Waals surface area contributed by atoms with E-state index in [1.807, 2.05) is 0 Å². The van der Waals surface area contributed by atoms with Gasteiger partial charge in [0, 0.05) is 12.1 Å². The lowest BCUT2D eigenvalue weighted by molar-refractivity contribution is 0.0695. The minimum absolute atomic E-state index is 0.00167. The molecule has 110 valence electrons. The highest BCUT2D eigenvalue weighted by Gasteiger charge is 2.23. The van der Waals surface area contributed by atoms with Crippen molar-refractivity contribution in [2.24, 2.45) is 5.92 Å². The van der Waals surface area contributed by atoms with E-state index in [9.17, 15) is 9.59 Å². The van der Waals surface area contributed by atoms with Crippen molar-refractivity contribution in [1.29, 1.82) is 0 Å². The van der Waals surface area contributed by atoms with Crippen molar-refractivity contribution in [3.8, 4) is 0 Å². The van der Waals surface area contributed by atoms with Gasteiger partial charge in [0.05, 0.1) is 5.56 Å². The van der Waals surface area contributed by atoms with E-state index in [4.69, 9.17) is 9.52 Å². The van der Waals surface area contributed by atoms with Crippen LogP contribution in [-0.4, -0.2) is 23.0 Å². The first-order valence-electron chi connectivity index (χ1n) is 7.22. The Morgan fingerprint density at radius 1 is 1.35 bits per heavy atom. The first-order valence-corrected chi connectivity index (χ1v) is 7.22. The summed E-state index contributed by atoms with van der Waals surface area (Å²) in [6.45, 7) is 2.20. The summed E-state index contributed by atoms with van der Waals surface area (Å²) >= 11 is 0. The Bertz CT molecular complexity index is 472. The molecule has 1 aliphatic rings. The normalized spacial score (nSPS) is 22.4. The average Bonchev–Trinajstić information content (AvgIpc) is 2.91. The Balaban J connectivity index is 1.84. The lowest BCUT2D eigenvalue weighted by Crippen LogP contribution is -2.37. The van der Waals surface area contributed by atoms with Crippen LogP contribution in [0.2, 0.25) is 0 Å². The Hall–Kier alpha value is -1.78. The topological polar surface area (TPSA) is 79.5 Å². The van der Waals surface area contributed by atoms with Crippen LogP contribution in [0.25, 0.3) is 0 Å². The third-order valence-electron chi connectivity index (χ3n) is 3.95. The average molecular weight is 279 g/mol. The molecule has 0 bridgehead atoms. The number of aromatic carboxylic acids is 1. The number of carbonyl (C=O) groups excluding carboxylic acids is 1. The summed E-state index contributed by atoms with van der Waals surface area (Å²) < 4.78 is 5.00. The smallest absolute Gasteiger partial charge is 0.338 e. The molecular formula is C15H21NO4. The molecule has 0 aliphatic heterocycles. The molecule has 0 aromatic carbocycles. The number of furan rings is 1. The Kier molecular flexibility index (Phi) is 4.82. The van der Waals surface area contributed by atoms with Crippen LogP contribution in [0.5, 0.6) is 0 Å². The van der Waals surface area contributed by atoms with Crippen LogP contribution in [-0.2, 0) is 0 Å². The predicted octanol–water partition coefficient (Wildman–Crippen LogP) is 3.07. The molecule has 1 aliphatic carbocycles. The van der Waals surface area contributed by atoms with Crippen molar-refractivity contribution in [2.75, 3.05) is 0 Å². The molecule has 1 fully saturated rings. The summed E-state index contributed by atoms with van der Waals surface area (Å²) in [7, 11) is 0. The lowest BCUT2D eigenvalue weighted by Gasteiger charge is -2.28. The van der Waals surface area contributed by atoms with Gasteiger partial charge >= 0.3 is 5.97 Å². The first-order chi connectivity index (χ1) is 9.60. The van der Waals surface area contributed by atoms with Crippen LogP contribution in [0.4, 0.5) is 0 Å². The highest BCUT2D eigenvalue weighted by atomic mass is 16.4. The Morgan fingerprint density at radius 3 is 2.60 bits per heavy atom. The van der Waals surface area contributed by atoms with Gasteiger partial charge < -0.3 is 14.8 Å². The highest BCUT2D eigenvalue weighted by molar-refractivity contribution is 5.95. The van der Waals surface area contributed by atoms with E-state index in [1.54, 1.807) is 0 Å². The summed E-state index contributed by atoms with van der Waals surface area (Å²) in [4.78, 5) is 22.7. The molecule has 0 radical (unpaired) electrons. The zero-order valence-electron chi connectivity index (χ0n) is 11.7. The monoisotopic (exact) mass is 279 g/mol. The summed E-state index contributed by atoms with van der Waals surface area (Å²) in [5.74, 6) is -0.558. The third-order valence-corrected chi connectivity index (χ3v) is 3.95. The molecule has 1 amide bonds. The van der Waals surface area contributed by atoms with Gasteiger partial charge in [0.1, 0.15) is 6.26 Å². The van der Waals surface area contributed by atoms with Gasteiger partial charge in [-0.1, -0.05) is 19.8 Å². The van der Waals surface area contributed by atoms with Crippen molar-refractivity contribution in [3.63, 3.8) is 0 Å². The quantitative estimate of drug-likeness (QED) is 0.868. The van der Waals surface area contributed by atoms with Gasteiger partial charge in [-0.2, -0.15) is 0 Å². The van der Waals surface area contributed by atoms with Crippen LogP contribution in [0.1, 0.15) is 66.4 Å². The fourth-order valence-electron chi connectivity index (χ4n) is 2.83. The van der Waals surface area contributed by atoms with E-state index in [0.717, 1.165) is 37.9 Å². The molecule has 20 heavy (non-hydrogen) atoms. The molecule has 0 spiro atoms. The second kappa shape index (κ2) is 6.59. The number of carboxylic acid groups (broad SMARTS) is 1. The van der Waals surface area contributed by atoms with E-state index in [0.29, 0.717) is 0 Å². The minimum Gasteiger partial charge on any atom is -0.478 e. The first kappa shape index (κ1) is 14.6. The highest BCUT2D eigenvalue weighted by Crippen LogP contribution is 2.27. The van der Waals surface area contributed by atoms with Gasteiger partial charge in [0.15, 0.2) is 5.76 Å². The number of rotatable bonds is 5. The van der Waals surface area contributed by atoms with E-state index in [2.05, 4.69) is 12.2 Å². The van der Waals surface area contributed by atoms with E-state index < -0.39 is 5.97 Å². The van der Waals surface area contributed by atoms with Gasteiger partial charge in [0.25, 0.3) is 5.91 Å². The minimum atomic E-state index is -1.09. The maximum absolute atomic E-state index is 12.0. The molecule has 1 saturated carbocycles. The maximum Gasteiger partial charge on any atom is 0.338 e. The predicted molar refractivity (Wildman–Crippen MR) is 73.8 cm³/mol. The molecule has 5 heteroatoms. The summed E-state index contributed by atoms with van der Waals surface area (Å²) in [6, 6.07) is 1.44. The standard InChI is InChI=1S/C15H21NO4/c1-2-3-10-4-6-12(7-5-10)16-14(17)13-8-11(9-20-13)15(18)19/h8-10,12H,2-7H2,1H3,(H,16,17)(H,18,19). The summed E-state index contributed by atoms with van der Waals surface area (Å²) in [5, 5.41) is 11.7. The van der Waals surface area contributed by atoms with E-state index in [-0.39, 0.29) is 23.3 Å². The lowest BCUT2D eigenvalue weighted by atomic mass is 9.83. The molecule has 2 N–H and O–H groups in total. The Labute approximate surface area is 118 Å². The van der Waals surface area contributed by atoms with Gasteiger partial charge in [-0.05, 0) is 31.6 Å². The van der Waals surface area contributed by atoms with Crippen LogP contribution < -0.4 is 5.32 Å². The number of hydrogen-bond acceptors (Lipinski definition) is 3. The van der Waals surface area contributed by atoms with Crippen molar-refractivity contribution in [2.45, 2.75) is 51.5 Å². The van der Waals surface area contributed by atoms with Gasteiger partial charge in [-0.3, -0.25) is 4.79 Å². The van der Waals surface area contributed by atoms with Crippen molar-refractivity contribution < 1.29 is 19.1 Å². The van der Waals surface area contributed by atoms with Crippen LogP contribution in [0, 0.1) is 5.92 Å². The molecule has 1 heterocycles. The number of carboxylic acids is 1. The van der Waals surface area contributed by atoms with Crippen LogP contribution in [0.3, 0.4) is 0 Å². The van der Waals surface area contributed by atoms with E-state index >= 15 is 0 Å². The van der Waals surface area contributed by atoms with Crippen LogP contribution >= 0.6 is 0 Å². The molecule has 0 unspecified atom stereocenters. The molecule has 1 aromatic heterocycles. The fourth-order valence-corrected chi connectivity index (χ4v) is 2.83. The SMILES string of the molecule is CCCC1CCC(NC(=O)c2cc(C(=O)O)co2)CC1. The fraction of sp³-hybridized carbons (Fsp3) is 0.600. The van der Waals surface area contributed by atoms with Crippen LogP contribution in [0.15, 0.2) is 16.7 Å². The van der Waals surface area contributed by atoms with Crippen molar-refractivity contribution in [1.82, 2.24) is 5.32 Å². The van der Waals surface area contributed by atoms with E-state index in [1.165, 1.54) is 18.9 Å². The van der Waals surface area contributed by atoms with Gasteiger partial charge in [-0.15, -0.1) is 0 Å². The third kappa shape index (κ3) is 3.62. The number of carbonyl (C=O) groups is 2. The largest absolute Gasteiger partial charge is 0.478 e. The zero-order valence-corrected chi connectivity index (χ0v) is 11.7. The zero-order chi connectivity index (χ0) is 14.5. The summed E-state index contributed by atoms with van der Waals surface area (Å²) in [6.07, 6.45) is 7.85. The summed E-state index contributed by atoms with van der Waals surface area (Å²) in [5.41, 5.74) is 0.00167. The molecule has 5 nitrogen and oxygen atoms in total. The molecule has 1 aromatic rings. The van der Waals surface area contributed by atoms with Crippen molar-refractivity contribution in [3.05, 3.63) is 23.7 Å². The molecule has 0 atom stereocenters. The second-order valence-electron chi connectivity index (χ2n) is 5.48. The Morgan fingerprint density at radius 2 is 2.05 bits per heavy atom. The number of nitrogens with one attached hydrogen (secondary N) is 1. The maximum atomic E-state index is 12.0.